The number of sulfonamides is 1. The van der Waals surface area contributed by atoms with E-state index in [4.69, 9.17) is 0 Å². The lowest BCUT2D eigenvalue weighted by Crippen LogP contribution is -2.45. The van der Waals surface area contributed by atoms with E-state index in [9.17, 15) is 13.5 Å². The predicted molar refractivity (Wildman–Crippen MR) is 86.5 cm³/mol. The Labute approximate surface area is 140 Å². The van der Waals surface area contributed by atoms with Gasteiger partial charge in [0.15, 0.2) is 0 Å². The average molecular weight is 346 g/mol. The molecule has 0 radical (unpaired) electrons. The number of benzene rings is 1. The van der Waals surface area contributed by atoms with Gasteiger partial charge in [-0.25, -0.2) is 18.1 Å². The van der Waals surface area contributed by atoms with Crippen LogP contribution < -0.4 is 0 Å². The number of aromatic nitrogens is 3. The first kappa shape index (κ1) is 15.5. The van der Waals surface area contributed by atoms with Gasteiger partial charge < -0.3 is 5.11 Å². The van der Waals surface area contributed by atoms with E-state index in [2.05, 4.69) is 10.1 Å². The lowest BCUT2D eigenvalue weighted by molar-refractivity contribution is 0.186. The Morgan fingerprint density at radius 1 is 1.21 bits per heavy atom. The summed E-state index contributed by atoms with van der Waals surface area (Å²) >= 11 is 0. The first-order valence-electron chi connectivity index (χ1n) is 7.83. The van der Waals surface area contributed by atoms with Crippen LogP contribution in [-0.2, 0) is 16.6 Å². The summed E-state index contributed by atoms with van der Waals surface area (Å²) < 4.78 is 29.1. The van der Waals surface area contributed by atoms with E-state index in [0.29, 0.717) is 6.54 Å². The summed E-state index contributed by atoms with van der Waals surface area (Å²) in [5.74, 6) is 0.112. The zero-order valence-corrected chi connectivity index (χ0v) is 13.7. The summed E-state index contributed by atoms with van der Waals surface area (Å²) in [6.07, 6.45) is 7.77. The standard InChI is InChI=1S/C16H18N4O3S/c21-9-16-13-3-4-14(7-13)20(16)24(22,23)15-5-1-12(2-6-15)8-19-11-17-10-18-19/h1-6,10-11,13-14,16,21H,7-9H2. The van der Waals surface area contributed by atoms with E-state index in [1.807, 2.05) is 12.2 Å². The first-order valence-corrected chi connectivity index (χ1v) is 9.27. The Kier molecular flexibility index (Phi) is 3.75. The van der Waals surface area contributed by atoms with Gasteiger partial charge in [0.1, 0.15) is 12.7 Å². The van der Waals surface area contributed by atoms with Gasteiger partial charge in [0, 0.05) is 6.04 Å². The molecule has 2 bridgehead atoms. The van der Waals surface area contributed by atoms with Crippen molar-refractivity contribution in [2.45, 2.75) is 29.9 Å². The van der Waals surface area contributed by atoms with E-state index in [-0.39, 0.29) is 29.5 Å². The molecule has 3 atom stereocenters. The van der Waals surface area contributed by atoms with Crippen molar-refractivity contribution in [1.82, 2.24) is 19.1 Å². The van der Waals surface area contributed by atoms with Crippen LogP contribution >= 0.6 is 0 Å². The second-order valence-electron chi connectivity index (χ2n) is 6.17. The largest absolute Gasteiger partial charge is 0.395 e. The molecule has 1 fully saturated rings. The summed E-state index contributed by atoms with van der Waals surface area (Å²) in [6.45, 7) is 0.381. The molecule has 2 aliphatic rings. The first-order chi connectivity index (χ1) is 11.6. The second-order valence-corrected chi connectivity index (χ2v) is 8.02. The Bertz CT molecular complexity index is 846. The summed E-state index contributed by atoms with van der Waals surface area (Å²) in [5, 5.41) is 13.6. The van der Waals surface area contributed by atoms with Gasteiger partial charge in [0.05, 0.1) is 24.1 Å². The second kappa shape index (κ2) is 5.80. The Morgan fingerprint density at radius 3 is 2.67 bits per heavy atom. The average Bonchev–Trinajstić information content (AvgIpc) is 3.31. The Balaban J connectivity index is 1.59. The molecule has 1 saturated heterocycles. The highest BCUT2D eigenvalue weighted by molar-refractivity contribution is 7.89. The van der Waals surface area contributed by atoms with E-state index in [1.165, 1.54) is 10.6 Å². The molecule has 24 heavy (non-hydrogen) atoms. The Hall–Kier alpha value is -2.03. The minimum absolute atomic E-state index is 0.112. The molecule has 1 aromatic carbocycles. The summed E-state index contributed by atoms with van der Waals surface area (Å²) in [6, 6.07) is 6.29. The highest BCUT2D eigenvalue weighted by Gasteiger charge is 2.48. The zero-order chi connectivity index (χ0) is 16.7. The number of hydrogen-bond donors (Lipinski definition) is 1. The van der Waals surface area contributed by atoms with Crippen LogP contribution in [0.5, 0.6) is 0 Å². The molecule has 0 amide bonds. The zero-order valence-electron chi connectivity index (χ0n) is 12.9. The number of hydrogen-bond acceptors (Lipinski definition) is 5. The third-order valence-electron chi connectivity index (χ3n) is 4.74. The maximum Gasteiger partial charge on any atom is 0.243 e. The fourth-order valence-electron chi connectivity index (χ4n) is 3.58. The molecule has 1 aromatic heterocycles. The molecular weight excluding hydrogens is 328 g/mol. The topological polar surface area (TPSA) is 88.3 Å². The Morgan fingerprint density at radius 2 is 2.00 bits per heavy atom. The van der Waals surface area contributed by atoms with Gasteiger partial charge in [-0.15, -0.1) is 0 Å². The van der Waals surface area contributed by atoms with Gasteiger partial charge in [0.2, 0.25) is 10.0 Å². The molecule has 1 aliphatic heterocycles. The van der Waals surface area contributed by atoms with Crippen LogP contribution in [0.2, 0.25) is 0 Å². The molecule has 2 heterocycles. The van der Waals surface area contributed by atoms with Crippen LogP contribution in [0.25, 0.3) is 0 Å². The SMILES string of the molecule is O=S(=O)(c1ccc(Cn2cncn2)cc1)N1C2C=CC(C2)C1CO. The van der Waals surface area contributed by atoms with Crippen molar-refractivity contribution in [2.75, 3.05) is 6.61 Å². The van der Waals surface area contributed by atoms with Crippen molar-refractivity contribution in [1.29, 1.82) is 0 Å². The smallest absolute Gasteiger partial charge is 0.243 e. The third-order valence-corrected chi connectivity index (χ3v) is 6.70. The van der Waals surface area contributed by atoms with Crippen molar-refractivity contribution < 1.29 is 13.5 Å². The molecule has 1 N–H and O–H groups in total. The van der Waals surface area contributed by atoms with Crippen LogP contribution in [0.1, 0.15) is 12.0 Å². The minimum Gasteiger partial charge on any atom is -0.395 e. The van der Waals surface area contributed by atoms with E-state index in [0.717, 1.165) is 12.0 Å². The van der Waals surface area contributed by atoms with Gasteiger partial charge in [-0.2, -0.15) is 9.40 Å². The highest BCUT2D eigenvalue weighted by atomic mass is 32.2. The molecule has 8 heteroatoms. The molecule has 1 aliphatic carbocycles. The van der Waals surface area contributed by atoms with Crippen LogP contribution in [0.3, 0.4) is 0 Å². The molecule has 3 unspecified atom stereocenters. The number of nitrogens with zero attached hydrogens (tertiary/aromatic N) is 4. The van der Waals surface area contributed by atoms with Gasteiger partial charge in [-0.05, 0) is 30.0 Å². The summed E-state index contributed by atoms with van der Waals surface area (Å²) in [7, 11) is -3.62. The fraction of sp³-hybridized carbons (Fsp3) is 0.375. The van der Waals surface area contributed by atoms with E-state index >= 15 is 0 Å². The van der Waals surface area contributed by atoms with Gasteiger partial charge in [-0.3, -0.25) is 0 Å². The number of aliphatic hydroxyl groups excluding tert-OH is 1. The predicted octanol–water partition coefficient (Wildman–Crippen LogP) is 0.636. The maximum absolute atomic E-state index is 13.0. The molecule has 2 aromatic rings. The molecule has 126 valence electrons. The fourth-order valence-corrected chi connectivity index (χ4v) is 5.39. The quantitative estimate of drug-likeness (QED) is 0.803. The molecular formula is C16H18N4O3S. The normalized spacial score (nSPS) is 26.3. The monoisotopic (exact) mass is 346 g/mol. The van der Waals surface area contributed by atoms with Crippen molar-refractivity contribution in [3.63, 3.8) is 0 Å². The molecule has 0 spiro atoms. The minimum atomic E-state index is -3.62. The third kappa shape index (κ3) is 2.47. The van der Waals surface area contributed by atoms with Crippen molar-refractivity contribution in [3.8, 4) is 0 Å². The highest BCUT2D eigenvalue weighted by Crippen LogP contribution is 2.40. The summed E-state index contributed by atoms with van der Waals surface area (Å²) in [4.78, 5) is 4.14. The molecule has 4 rings (SSSR count). The maximum atomic E-state index is 13.0. The van der Waals surface area contributed by atoms with Crippen LogP contribution in [0, 0.1) is 5.92 Å². The number of rotatable bonds is 5. The lowest BCUT2D eigenvalue weighted by Gasteiger charge is -2.30. The van der Waals surface area contributed by atoms with E-state index < -0.39 is 10.0 Å². The van der Waals surface area contributed by atoms with Crippen LogP contribution in [-0.4, -0.2) is 51.3 Å². The summed E-state index contributed by atoms with van der Waals surface area (Å²) in [5.41, 5.74) is 0.945. The van der Waals surface area contributed by atoms with Crippen LogP contribution in [0.4, 0.5) is 0 Å². The van der Waals surface area contributed by atoms with Crippen molar-refractivity contribution >= 4 is 10.0 Å². The van der Waals surface area contributed by atoms with Gasteiger partial charge in [-0.1, -0.05) is 24.3 Å². The van der Waals surface area contributed by atoms with Crippen molar-refractivity contribution in [2.24, 2.45) is 5.92 Å². The molecule has 0 saturated carbocycles. The van der Waals surface area contributed by atoms with Crippen molar-refractivity contribution in [3.05, 3.63) is 54.6 Å². The number of fused-ring (bicyclic) bond motifs is 2. The lowest BCUT2D eigenvalue weighted by atomic mass is 10.0. The molecule has 7 nitrogen and oxygen atoms in total. The van der Waals surface area contributed by atoms with Gasteiger partial charge in [0.25, 0.3) is 0 Å². The van der Waals surface area contributed by atoms with E-state index in [1.54, 1.807) is 35.3 Å². The number of aliphatic hydroxyl groups is 1. The van der Waals surface area contributed by atoms with Crippen LogP contribution in [0.15, 0.2) is 54.0 Å². The van der Waals surface area contributed by atoms with Gasteiger partial charge >= 0.3 is 0 Å².